The van der Waals surface area contributed by atoms with Crippen LogP contribution >= 0.6 is 37.9 Å². The van der Waals surface area contributed by atoms with Crippen LogP contribution < -0.4 is 0 Å². The van der Waals surface area contributed by atoms with Crippen molar-refractivity contribution in [2.24, 2.45) is 0 Å². The van der Waals surface area contributed by atoms with E-state index in [9.17, 15) is 64.2 Å². The van der Waals surface area contributed by atoms with E-state index in [0.29, 0.717) is 72.0 Å². The number of benzene rings is 10. The molecule has 0 unspecified atom stereocenters. The summed E-state index contributed by atoms with van der Waals surface area (Å²) >= 11 is 12.5. The van der Waals surface area contributed by atoms with Crippen molar-refractivity contribution in [1.82, 2.24) is 0 Å². The number of phenols is 8. The maximum atomic E-state index is 12.4. The predicted octanol–water partition coefficient (Wildman–Crippen LogP) is 12.5. The third-order valence-electron chi connectivity index (χ3n) is 14.0. The zero-order valence-electron chi connectivity index (χ0n) is 46.8. The first-order valence-corrected chi connectivity index (χ1v) is 28.2. The number of carboxylic acids is 2. The van der Waals surface area contributed by atoms with Crippen molar-refractivity contribution < 1.29 is 84.6 Å². The molecule has 17 nitrogen and oxygen atoms in total. The van der Waals surface area contributed by atoms with Gasteiger partial charge in [-0.25, -0.2) is 9.59 Å². The summed E-state index contributed by atoms with van der Waals surface area (Å²) in [5.74, 6) is -4.47. The second kappa shape index (κ2) is 28.6. The van der Waals surface area contributed by atoms with Crippen molar-refractivity contribution in [3.8, 4) is 46.0 Å². The average molecular weight is 1260 g/mol. The number of thiol groups is 3. The van der Waals surface area contributed by atoms with Gasteiger partial charge in [0.1, 0.15) is 46.0 Å². The van der Waals surface area contributed by atoms with Crippen LogP contribution in [0.3, 0.4) is 0 Å². The highest BCUT2D eigenvalue weighted by atomic mass is 32.1. The zero-order valence-corrected chi connectivity index (χ0v) is 49.5. The molecule has 20 heteroatoms. The third-order valence-corrected chi connectivity index (χ3v) is 15.0. The molecule has 0 fully saturated rings. The quantitative estimate of drug-likeness (QED) is 0.0497. The molecule has 0 bridgehead atoms. The van der Waals surface area contributed by atoms with Crippen molar-refractivity contribution in [2.45, 2.75) is 33.9 Å². The van der Waals surface area contributed by atoms with E-state index < -0.39 is 17.7 Å². The number of rotatable bonds is 8. The number of carbonyl (C=O) groups is 7. The maximum absolute atomic E-state index is 12.4. The van der Waals surface area contributed by atoms with Crippen LogP contribution in [-0.2, 0) is 19.3 Å². The van der Waals surface area contributed by atoms with Crippen molar-refractivity contribution in [3.63, 3.8) is 0 Å². The summed E-state index contributed by atoms with van der Waals surface area (Å²) in [6.45, 7) is 0. The van der Waals surface area contributed by atoms with E-state index >= 15 is 0 Å². The Hall–Kier alpha value is -11.1. The van der Waals surface area contributed by atoms with E-state index in [0.717, 1.165) is 23.6 Å². The molecule has 10 aromatic carbocycles. The van der Waals surface area contributed by atoms with Crippen molar-refractivity contribution in [2.75, 3.05) is 0 Å². The number of carbonyl (C=O) groups excluding carboxylic acids is 5. The van der Waals surface area contributed by atoms with Gasteiger partial charge in [-0.15, -0.1) is 37.9 Å². The fraction of sp³-hybridized carbons (Fsp3) is 0.0429. The Morgan fingerprint density at radius 3 is 1.23 bits per heavy atom. The Bertz CT molecular complexity index is 4360. The van der Waals surface area contributed by atoms with Crippen LogP contribution in [0.25, 0.3) is 0 Å². The van der Waals surface area contributed by atoms with E-state index in [1.165, 1.54) is 97.1 Å². The van der Waals surface area contributed by atoms with Crippen molar-refractivity contribution in [1.29, 1.82) is 0 Å². The van der Waals surface area contributed by atoms with Gasteiger partial charge in [0.15, 0.2) is 28.9 Å². The number of carboxylic acid groups (broad SMARTS) is 2. The van der Waals surface area contributed by atoms with Gasteiger partial charge in [-0.1, -0.05) is 84.9 Å². The normalized spacial score (nSPS) is 11.4. The number of aryl methyl sites for hydroxylation is 2. The summed E-state index contributed by atoms with van der Waals surface area (Å²) < 4.78 is 0. The SMILES string of the molecule is O=C(O)c1ccccc1C(=O)c1ccc(O)cc1S.O=C(O)c1ccccc1C(=O)c1ccc(S)cc1S.O=C(c1ccc(O)cc1)c1ccc(O)cc1O.O=C1c2ccccc2CCc2cc(O)cc(O)c21.O=C1c2ccccc2Cc2cc(O)cc(O)c21. The number of fused-ring (bicyclic) bond motifs is 4. The molecular weight excluding hydrogens is 1210 g/mol. The van der Waals surface area contributed by atoms with Gasteiger partial charge >= 0.3 is 11.9 Å². The van der Waals surface area contributed by atoms with E-state index in [2.05, 4.69) is 37.9 Å². The zero-order chi connectivity index (χ0) is 65.1. The van der Waals surface area contributed by atoms with Gasteiger partial charge in [-0.05, 0) is 139 Å². The van der Waals surface area contributed by atoms with Crippen LogP contribution in [0.2, 0.25) is 0 Å². The Balaban J connectivity index is 0.000000145. The number of ketones is 5. The molecule has 0 saturated heterocycles. The summed E-state index contributed by atoms with van der Waals surface area (Å²) in [5.41, 5.74) is 6.39. The Labute approximate surface area is 529 Å². The molecule has 452 valence electrons. The van der Waals surface area contributed by atoms with Crippen LogP contribution in [0, 0.1) is 0 Å². The molecule has 0 radical (unpaired) electrons. The fourth-order valence-corrected chi connectivity index (χ4v) is 10.7. The van der Waals surface area contributed by atoms with Gasteiger partial charge in [0.05, 0.1) is 27.8 Å². The Kier molecular flexibility index (Phi) is 20.7. The first-order valence-electron chi connectivity index (χ1n) is 26.9. The first kappa shape index (κ1) is 64.9. The molecule has 2 aliphatic carbocycles. The average Bonchev–Trinajstić information content (AvgIpc) is 1.24. The molecule has 0 amide bonds. The number of aromatic hydroxyl groups is 8. The number of aromatic carboxylic acids is 2. The van der Waals surface area contributed by atoms with Gasteiger partial charge < -0.3 is 51.1 Å². The molecule has 0 heterocycles. The molecule has 0 aliphatic heterocycles. The summed E-state index contributed by atoms with van der Waals surface area (Å²) in [6, 6.07) is 50.8. The number of phenolic OH excluding ortho intramolecular Hbond substituents is 8. The first-order chi connectivity index (χ1) is 42.9. The summed E-state index contributed by atoms with van der Waals surface area (Å²) in [7, 11) is 0. The highest BCUT2D eigenvalue weighted by molar-refractivity contribution is 7.81. The fourth-order valence-electron chi connectivity index (χ4n) is 9.73. The minimum atomic E-state index is -1.16. The smallest absolute Gasteiger partial charge is 0.336 e. The van der Waals surface area contributed by atoms with Crippen LogP contribution in [0.4, 0.5) is 0 Å². The van der Waals surface area contributed by atoms with Gasteiger partial charge in [0.2, 0.25) is 0 Å². The van der Waals surface area contributed by atoms with Gasteiger partial charge in [0.25, 0.3) is 0 Å². The van der Waals surface area contributed by atoms with E-state index in [-0.39, 0.29) is 103 Å². The van der Waals surface area contributed by atoms with E-state index in [1.54, 1.807) is 66.7 Å². The molecule has 12 rings (SSSR count). The maximum Gasteiger partial charge on any atom is 0.336 e. The standard InChI is InChI=1S/C15H12O3.C14H10O4S.C14H10O3S2.C14H10O3.C13H10O4/c16-11-7-10-6-5-9-3-1-2-4-12(9)15(18)14(10)13(17)8-11;15-8-5-6-11(12(19)7-8)13(16)9-3-1-2-4-10(9)14(17)18;15-13(11-6-5-8(18)7-12(11)19)9-3-1-2-4-10(9)14(16)17;15-10-6-9-5-8-3-1-2-4-11(8)14(17)13(9)12(16)7-10;14-9-3-1-8(2-4-9)13(17)11-6-5-10(15)7-12(11)16/h1-4,7-8,16-17H,5-6H2;1-7,15,19H,(H,17,18);1-7,18-19H,(H,16,17);1-4,6-7,15-16H,5H2;1-7,14-16H. The summed E-state index contributed by atoms with van der Waals surface area (Å²) in [6.07, 6.45) is 1.93. The molecule has 0 saturated carbocycles. The highest BCUT2D eigenvalue weighted by Crippen LogP contribution is 2.37. The Morgan fingerprint density at radius 2 is 0.722 bits per heavy atom. The molecule has 0 atom stereocenters. The molecule has 10 aromatic rings. The molecule has 10 N–H and O–H groups in total. The summed E-state index contributed by atoms with van der Waals surface area (Å²) in [5, 5.41) is 93.8. The van der Waals surface area contributed by atoms with E-state index in [4.69, 9.17) is 20.4 Å². The number of hydrogen-bond donors (Lipinski definition) is 13. The van der Waals surface area contributed by atoms with Crippen LogP contribution in [0.5, 0.6) is 46.0 Å². The van der Waals surface area contributed by atoms with Crippen LogP contribution in [-0.4, -0.2) is 91.9 Å². The lowest BCUT2D eigenvalue weighted by molar-refractivity contribution is 0.0683. The topological polar surface area (TPSA) is 322 Å². The van der Waals surface area contributed by atoms with Crippen molar-refractivity contribution in [3.05, 3.63) is 289 Å². The highest BCUT2D eigenvalue weighted by Gasteiger charge is 2.28. The van der Waals surface area contributed by atoms with Gasteiger partial charge in [-0.3, -0.25) is 24.0 Å². The lowest BCUT2D eigenvalue weighted by Gasteiger charge is -2.19. The minimum absolute atomic E-state index is 0.00642. The van der Waals surface area contributed by atoms with Gasteiger partial charge in [0, 0.05) is 71.8 Å². The van der Waals surface area contributed by atoms with E-state index in [1.807, 2.05) is 30.3 Å². The Morgan fingerprint density at radius 1 is 0.322 bits per heavy atom. The monoisotopic (exact) mass is 1260 g/mol. The lowest BCUT2D eigenvalue weighted by Crippen LogP contribution is -2.14. The van der Waals surface area contributed by atoms with Crippen LogP contribution in [0.1, 0.15) is 123 Å². The molecule has 0 aromatic heterocycles. The number of hydrogen-bond acceptors (Lipinski definition) is 18. The predicted molar refractivity (Wildman–Crippen MR) is 341 cm³/mol. The third kappa shape index (κ3) is 15.2. The largest absolute Gasteiger partial charge is 0.508 e. The minimum Gasteiger partial charge on any atom is -0.508 e. The van der Waals surface area contributed by atoms with Crippen LogP contribution in [0.15, 0.2) is 215 Å². The second-order valence-corrected chi connectivity index (χ2v) is 21.5. The molecule has 0 spiro atoms. The van der Waals surface area contributed by atoms with Gasteiger partial charge in [-0.2, -0.15) is 0 Å². The molecule has 90 heavy (non-hydrogen) atoms. The summed E-state index contributed by atoms with van der Waals surface area (Å²) in [4.78, 5) is 84.9. The lowest BCUT2D eigenvalue weighted by atomic mass is 9.84. The second-order valence-electron chi connectivity index (χ2n) is 20.0. The van der Waals surface area contributed by atoms with Crippen molar-refractivity contribution >= 4 is 78.7 Å². The molecule has 2 aliphatic rings. The molecular formula is C70H52O17S3.